The summed E-state index contributed by atoms with van der Waals surface area (Å²) < 4.78 is 7.09. The molecule has 0 unspecified atom stereocenters. The first kappa shape index (κ1) is 19.5. The molecule has 0 radical (unpaired) electrons. The number of aryl methyl sites for hydroxylation is 3. The third kappa shape index (κ3) is 6.20. The Kier molecular flexibility index (Phi) is 8.67. The second-order valence-electron chi connectivity index (χ2n) is 5.10. The minimum absolute atomic E-state index is 0. The molecule has 0 bridgehead atoms. The van der Waals surface area contributed by atoms with Crippen molar-refractivity contribution in [2.45, 2.75) is 33.2 Å². The largest absolute Gasteiger partial charge is 0.361 e. The van der Waals surface area contributed by atoms with E-state index in [-0.39, 0.29) is 24.0 Å². The molecule has 0 aliphatic heterocycles. The van der Waals surface area contributed by atoms with Crippen molar-refractivity contribution < 1.29 is 4.52 Å². The number of halogens is 1. The van der Waals surface area contributed by atoms with Crippen LogP contribution in [0.5, 0.6) is 0 Å². The average molecular weight is 432 g/mol. The van der Waals surface area contributed by atoms with Gasteiger partial charge in [0, 0.05) is 44.6 Å². The van der Waals surface area contributed by atoms with Crippen molar-refractivity contribution in [3.8, 4) is 0 Å². The molecule has 0 aliphatic carbocycles. The van der Waals surface area contributed by atoms with Gasteiger partial charge in [0.2, 0.25) is 0 Å². The molecule has 0 aromatic carbocycles. The lowest BCUT2D eigenvalue weighted by Gasteiger charge is -2.11. The van der Waals surface area contributed by atoms with Crippen LogP contribution in [0, 0.1) is 13.8 Å². The fourth-order valence-electron chi connectivity index (χ4n) is 2.27. The maximum Gasteiger partial charge on any atom is 0.190 e. The van der Waals surface area contributed by atoms with Crippen LogP contribution in [-0.2, 0) is 13.0 Å². The van der Waals surface area contributed by atoms with Crippen molar-refractivity contribution >= 4 is 29.9 Å². The Morgan fingerprint density at radius 1 is 1.30 bits per heavy atom. The number of hydrogen-bond acceptors (Lipinski definition) is 4. The first-order valence-electron chi connectivity index (χ1n) is 7.54. The van der Waals surface area contributed by atoms with Gasteiger partial charge >= 0.3 is 0 Å². The molecule has 7 nitrogen and oxygen atoms in total. The van der Waals surface area contributed by atoms with E-state index in [0.717, 1.165) is 49.9 Å². The number of aliphatic imine (C=N–C) groups is 1. The molecule has 23 heavy (non-hydrogen) atoms. The summed E-state index contributed by atoms with van der Waals surface area (Å²) in [5.41, 5.74) is 2.13. The summed E-state index contributed by atoms with van der Waals surface area (Å²) in [6.45, 7) is 6.45. The van der Waals surface area contributed by atoms with Crippen molar-refractivity contribution in [3.05, 3.63) is 35.5 Å². The predicted molar refractivity (Wildman–Crippen MR) is 101 cm³/mol. The molecule has 0 saturated heterocycles. The molecular weight excluding hydrogens is 407 g/mol. The molecule has 2 heterocycles. The third-order valence-electron chi connectivity index (χ3n) is 3.49. The van der Waals surface area contributed by atoms with E-state index in [2.05, 4.69) is 25.9 Å². The molecule has 128 valence electrons. The van der Waals surface area contributed by atoms with Crippen molar-refractivity contribution in [2.24, 2.45) is 4.99 Å². The van der Waals surface area contributed by atoms with Crippen molar-refractivity contribution in [1.82, 2.24) is 25.6 Å². The van der Waals surface area contributed by atoms with Gasteiger partial charge in [-0.05, 0) is 32.8 Å². The molecule has 2 aromatic heterocycles. The van der Waals surface area contributed by atoms with Gasteiger partial charge in [-0.3, -0.25) is 9.67 Å². The molecule has 0 spiro atoms. The zero-order valence-corrected chi connectivity index (χ0v) is 16.2. The zero-order valence-electron chi connectivity index (χ0n) is 13.9. The average Bonchev–Trinajstić information content (AvgIpc) is 3.14. The Morgan fingerprint density at radius 3 is 2.70 bits per heavy atom. The number of nitrogens with one attached hydrogen (secondary N) is 2. The Hall–Kier alpha value is -1.58. The van der Waals surface area contributed by atoms with E-state index < -0.39 is 0 Å². The molecule has 0 fully saturated rings. The second-order valence-corrected chi connectivity index (χ2v) is 5.10. The summed E-state index contributed by atoms with van der Waals surface area (Å²) in [5, 5.41) is 14.7. The van der Waals surface area contributed by atoms with Gasteiger partial charge < -0.3 is 15.2 Å². The van der Waals surface area contributed by atoms with Crippen LogP contribution in [0.3, 0.4) is 0 Å². The van der Waals surface area contributed by atoms with Gasteiger partial charge in [-0.25, -0.2) is 0 Å². The van der Waals surface area contributed by atoms with Crippen LogP contribution >= 0.6 is 24.0 Å². The summed E-state index contributed by atoms with van der Waals surface area (Å²) in [4.78, 5) is 4.22. The maximum atomic E-state index is 5.16. The van der Waals surface area contributed by atoms with Crippen LogP contribution in [0.15, 0.2) is 28.0 Å². The lowest BCUT2D eigenvalue weighted by Crippen LogP contribution is -2.39. The summed E-state index contributed by atoms with van der Waals surface area (Å²) >= 11 is 0. The van der Waals surface area contributed by atoms with Gasteiger partial charge in [-0.2, -0.15) is 5.10 Å². The molecule has 0 amide bonds. The van der Waals surface area contributed by atoms with E-state index in [1.165, 1.54) is 5.56 Å². The van der Waals surface area contributed by atoms with Gasteiger partial charge in [0.25, 0.3) is 0 Å². The van der Waals surface area contributed by atoms with Gasteiger partial charge in [0.15, 0.2) is 5.96 Å². The van der Waals surface area contributed by atoms with Crippen LogP contribution in [0.25, 0.3) is 0 Å². The minimum atomic E-state index is 0. The SMILES string of the molecule is CN=C(NCCCn1cccn1)NCCc1c(C)noc1C.I. The number of aromatic nitrogens is 3. The highest BCUT2D eigenvalue weighted by molar-refractivity contribution is 14.0. The molecule has 2 rings (SSSR count). The van der Waals surface area contributed by atoms with Gasteiger partial charge in [-0.1, -0.05) is 5.16 Å². The third-order valence-corrected chi connectivity index (χ3v) is 3.49. The Bertz CT molecular complexity index is 574. The summed E-state index contributed by atoms with van der Waals surface area (Å²) in [7, 11) is 1.78. The highest BCUT2D eigenvalue weighted by atomic mass is 127. The number of hydrogen-bond donors (Lipinski definition) is 2. The number of nitrogens with zero attached hydrogens (tertiary/aromatic N) is 4. The highest BCUT2D eigenvalue weighted by Gasteiger charge is 2.08. The van der Waals surface area contributed by atoms with Crippen LogP contribution in [0.4, 0.5) is 0 Å². The molecule has 0 aliphatic rings. The molecule has 2 N–H and O–H groups in total. The van der Waals surface area contributed by atoms with Gasteiger partial charge in [-0.15, -0.1) is 24.0 Å². The summed E-state index contributed by atoms with van der Waals surface area (Å²) in [5.74, 6) is 1.70. The number of rotatable bonds is 7. The van der Waals surface area contributed by atoms with Crippen molar-refractivity contribution in [3.63, 3.8) is 0 Å². The first-order chi connectivity index (χ1) is 10.7. The normalized spacial score (nSPS) is 11.2. The minimum Gasteiger partial charge on any atom is -0.361 e. The molecular formula is C15H25IN6O. The topological polar surface area (TPSA) is 80.3 Å². The van der Waals surface area contributed by atoms with E-state index in [9.17, 15) is 0 Å². The summed E-state index contributed by atoms with van der Waals surface area (Å²) in [6, 6.07) is 1.93. The lowest BCUT2D eigenvalue weighted by atomic mass is 10.1. The maximum absolute atomic E-state index is 5.16. The number of guanidine groups is 1. The molecule has 0 saturated carbocycles. The van der Waals surface area contributed by atoms with E-state index >= 15 is 0 Å². The summed E-state index contributed by atoms with van der Waals surface area (Å²) in [6.07, 6.45) is 5.63. The van der Waals surface area contributed by atoms with Gasteiger partial charge in [0.05, 0.1) is 5.69 Å². The quantitative estimate of drug-likeness (QED) is 0.303. The Balaban J connectivity index is 0.00000264. The van der Waals surface area contributed by atoms with Crippen LogP contribution in [0.2, 0.25) is 0 Å². The van der Waals surface area contributed by atoms with E-state index in [4.69, 9.17) is 4.52 Å². The Morgan fingerprint density at radius 2 is 2.09 bits per heavy atom. The first-order valence-corrected chi connectivity index (χ1v) is 7.54. The van der Waals surface area contributed by atoms with E-state index in [0.29, 0.717) is 0 Å². The Labute approximate surface area is 153 Å². The van der Waals surface area contributed by atoms with Crippen LogP contribution in [-0.4, -0.2) is 41.0 Å². The van der Waals surface area contributed by atoms with Crippen LogP contribution < -0.4 is 10.6 Å². The lowest BCUT2D eigenvalue weighted by molar-refractivity contribution is 0.392. The molecule has 0 atom stereocenters. The smallest absolute Gasteiger partial charge is 0.190 e. The van der Waals surface area contributed by atoms with E-state index in [1.807, 2.05) is 30.8 Å². The molecule has 8 heteroatoms. The van der Waals surface area contributed by atoms with Gasteiger partial charge in [0.1, 0.15) is 5.76 Å². The van der Waals surface area contributed by atoms with E-state index in [1.54, 1.807) is 13.2 Å². The highest BCUT2D eigenvalue weighted by Crippen LogP contribution is 2.11. The molecule has 2 aromatic rings. The van der Waals surface area contributed by atoms with Crippen molar-refractivity contribution in [2.75, 3.05) is 20.1 Å². The van der Waals surface area contributed by atoms with Crippen LogP contribution in [0.1, 0.15) is 23.4 Å². The predicted octanol–water partition coefficient (Wildman–Crippen LogP) is 1.90. The second kappa shape index (κ2) is 10.2. The monoisotopic (exact) mass is 432 g/mol. The zero-order chi connectivity index (χ0) is 15.8. The standard InChI is InChI=1S/C15H24N6O.HI/c1-12-14(13(2)22-20-12)6-9-18-15(16-3)17-7-4-10-21-11-5-8-19-21;/h5,8,11H,4,6-7,9-10H2,1-3H3,(H2,16,17,18);1H. The fourth-order valence-corrected chi connectivity index (χ4v) is 2.27. The fraction of sp³-hybridized carbons (Fsp3) is 0.533. The van der Waals surface area contributed by atoms with Crippen molar-refractivity contribution in [1.29, 1.82) is 0 Å².